The summed E-state index contributed by atoms with van der Waals surface area (Å²) in [6, 6.07) is 15.1. The molecule has 13 heteroatoms. The molecule has 0 unspecified atom stereocenters. The monoisotopic (exact) mass is 712 g/mol. The highest BCUT2D eigenvalue weighted by Crippen LogP contribution is 2.59. The Hall–Kier alpha value is -4.88. The minimum Gasteiger partial charge on any atom is -0.455 e. The van der Waals surface area contributed by atoms with Gasteiger partial charge in [0.05, 0.1) is 29.5 Å². The van der Waals surface area contributed by atoms with E-state index in [-0.39, 0.29) is 50.5 Å². The molecule has 3 amide bonds. The third-order valence-corrected chi connectivity index (χ3v) is 10.5. The van der Waals surface area contributed by atoms with Crippen molar-refractivity contribution in [2.24, 2.45) is 11.8 Å². The van der Waals surface area contributed by atoms with Gasteiger partial charge in [-0.05, 0) is 63.1 Å². The van der Waals surface area contributed by atoms with Gasteiger partial charge in [-0.3, -0.25) is 19.2 Å². The Balaban J connectivity index is 1.30. The van der Waals surface area contributed by atoms with Crippen LogP contribution in [0.25, 0.3) is 11.0 Å². The Labute approximate surface area is 303 Å². The van der Waals surface area contributed by atoms with Crippen LogP contribution in [0.5, 0.6) is 0 Å². The summed E-state index contributed by atoms with van der Waals surface area (Å²) in [7, 11) is 0. The molecule has 3 saturated heterocycles. The lowest BCUT2D eigenvalue weighted by Gasteiger charge is -2.36. The van der Waals surface area contributed by atoms with Crippen molar-refractivity contribution in [2.75, 3.05) is 19.7 Å². The number of allylic oxidation sites excluding steroid dienone is 1. The molecule has 276 valence electrons. The van der Waals surface area contributed by atoms with E-state index in [0.717, 1.165) is 5.52 Å². The first-order valence-electron chi connectivity index (χ1n) is 18.2. The summed E-state index contributed by atoms with van der Waals surface area (Å²) in [4.78, 5) is 59.6. The summed E-state index contributed by atoms with van der Waals surface area (Å²) >= 11 is 0. The quantitative estimate of drug-likeness (QED) is 0.114. The van der Waals surface area contributed by atoms with Crippen molar-refractivity contribution in [2.45, 2.75) is 88.4 Å². The van der Waals surface area contributed by atoms with Crippen molar-refractivity contribution < 1.29 is 33.8 Å². The molecule has 3 aliphatic rings. The number of esters is 1. The van der Waals surface area contributed by atoms with Crippen molar-refractivity contribution >= 4 is 34.7 Å². The number of fused-ring (bicyclic) bond motifs is 2. The van der Waals surface area contributed by atoms with Gasteiger partial charge in [0.2, 0.25) is 17.7 Å². The molecule has 0 radical (unpaired) electrons. The number of aliphatic hydroxyl groups is 1. The SMILES string of the molecule is C=CCCC(=O)N[C@@H](C)[C@H](OC(=O)[C@@H]1[C@@H]2CC[C@]3(O2)[C@H](C(=O)N(CC=C)Cn2nnc4ccccc42)N(CCCCCO)C(=O)[C@@H]13)c1ccccc1. The number of hydrogen-bond donors (Lipinski definition) is 2. The molecular weight excluding hydrogens is 664 g/mol. The van der Waals surface area contributed by atoms with E-state index in [9.17, 15) is 24.3 Å². The van der Waals surface area contributed by atoms with Crippen LogP contribution in [-0.2, 0) is 35.3 Å². The number of unbranched alkanes of at least 4 members (excludes halogenated alkanes) is 2. The molecule has 4 heterocycles. The van der Waals surface area contributed by atoms with Crippen LogP contribution in [-0.4, -0.2) is 97.1 Å². The number of para-hydroxylation sites is 1. The molecular formula is C39H48N6O7. The average molecular weight is 713 g/mol. The van der Waals surface area contributed by atoms with E-state index in [0.29, 0.717) is 49.6 Å². The van der Waals surface area contributed by atoms with Crippen LogP contribution in [0.15, 0.2) is 79.9 Å². The van der Waals surface area contributed by atoms with Crippen LogP contribution >= 0.6 is 0 Å². The van der Waals surface area contributed by atoms with Crippen LogP contribution in [0.1, 0.15) is 63.5 Å². The van der Waals surface area contributed by atoms with Crippen molar-refractivity contribution in [1.82, 2.24) is 30.1 Å². The number of benzene rings is 2. The third-order valence-electron chi connectivity index (χ3n) is 10.5. The van der Waals surface area contributed by atoms with Gasteiger partial charge in [-0.1, -0.05) is 59.8 Å². The topological polar surface area (TPSA) is 156 Å². The number of hydrogen-bond acceptors (Lipinski definition) is 9. The molecule has 7 atom stereocenters. The van der Waals surface area contributed by atoms with Gasteiger partial charge in [0.1, 0.15) is 29.9 Å². The summed E-state index contributed by atoms with van der Waals surface area (Å²) < 4.78 is 14.6. The zero-order valence-electron chi connectivity index (χ0n) is 29.6. The van der Waals surface area contributed by atoms with Crippen molar-refractivity contribution in [3.63, 3.8) is 0 Å². The Kier molecular flexibility index (Phi) is 11.5. The number of carbonyl (C=O) groups is 4. The number of nitrogens with one attached hydrogen (secondary N) is 1. The van der Waals surface area contributed by atoms with E-state index >= 15 is 0 Å². The van der Waals surface area contributed by atoms with E-state index < -0.39 is 47.7 Å². The van der Waals surface area contributed by atoms with Gasteiger partial charge in [-0.25, -0.2) is 4.68 Å². The minimum absolute atomic E-state index is 0.0241. The second kappa shape index (κ2) is 16.2. The molecule has 2 N–H and O–H groups in total. The van der Waals surface area contributed by atoms with Crippen LogP contribution < -0.4 is 5.32 Å². The summed E-state index contributed by atoms with van der Waals surface area (Å²) in [5.41, 5.74) is 0.898. The first-order chi connectivity index (χ1) is 25.2. The summed E-state index contributed by atoms with van der Waals surface area (Å²) in [5.74, 6) is -3.32. The number of aromatic nitrogens is 3. The second-order valence-corrected chi connectivity index (χ2v) is 13.9. The molecule has 3 aliphatic heterocycles. The molecule has 3 fully saturated rings. The van der Waals surface area contributed by atoms with Crippen LogP contribution in [0.3, 0.4) is 0 Å². The van der Waals surface area contributed by atoms with Crippen LogP contribution in [0.4, 0.5) is 0 Å². The van der Waals surface area contributed by atoms with Crippen molar-refractivity contribution in [3.05, 3.63) is 85.5 Å². The Bertz CT molecular complexity index is 1780. The number of amides is 3. The van der Waals surface area contributed by atoms with Gasteiger partial charge in [-0.15, -0.1) is 18.3 Å². The van der Waals surface area contributed by atoms with Gasteiger partial charge in [0.25, 0.3) is 0 Å². The fourth-order valence-electron chi connectivity index (χ4n) is 8.18. The van der Waals surface area contributed by atoms with E-state index in [1.165, 1.54) is 0 Å². The van der Waals surface area contributed by atoms with E-state index in [1.54, 1.807) is 33.6 Å². The standard InChI is InChI=1S/C39H48N6O7/c1-4-6-19-31(47)40-26(3)34(27-15-9-7-10-16-27)51-38(50)32-30-20-21-39(52-30)33(32)36(48)44(23-13-8-14-24-46)35(39)37(49)43(22-5-2)25-45-29-18-12-11-17-28(29)41-42-45/h4-5,7,9-12,15-18,26,30,32-35,46H,1-2,6,8,13-14,19-25H2,3H3,(H,40,47)/t26-,30-,32+,33+,34-,35-,39+/m0/s1. The van der Waals surface area contributed by atoms with Gasteiger partial charge >= 0.3 is 5.97 Å². The maximum absolute atomic E-state index is 14.8. The molecule has 0 aliphatic carbocycles. The number of likely N-dealkylation sites (tertiary alicyclic amines) is 1. The largest absolute Gasteiger partial charge is 0.455 e. The predicted molar refractivity (Wildman–Crippen MR) is 192 cm³/mol. The molecule has 0 saturated carbocycles. The molecule has 2 aromatic carbocycles. The Morgan fingerprint density at radius 2 is 1.88 bits per heavy atom. The molecule has 2 bridgehead atoms. The number of ether oxygens (including phenoxy) is 2. The first-order valence-corrected chi connectivity index (χ1v) is 18.2. The minimum atomic E-state index is -1.24. The highest BCUT2D eigenvalue weighted by molar-refractivity contribution is 5.98. The van der Waals surface area contributed by atoms with Crippen LogP contribution in [0, 0.1) is 11.8 Å². The van der Waals surface area contributed by atoms with Gasteiger partial charge in [0, 0.05) is 26.1 Å². The number of carbonyl (C=O) groups excluding carboxylic acids is 4. The summed E-state index contributed by atoms with van der Waals surface area (Å²) in [5, 5.41) is 20.9. The van der Waals surface area contributed by atoms with E-state index in [2.05, 4.69) is 28.8 Å². The normalized spacial score (nSPS) is 24.3. The van der Waals surface area contributed by atoms with Gasteiger partial charge in [-0.2, -0.15) is 0 Å². The van der Waals surface area contributed by atoms with Crippen molar-refractivity contribution in [1.29, 1.82) is 0 Å². The first kappa shape index (κ1) is 36.9. The molecule has 1 aromatic heterocycles. The molecule has 6 rings (SSSR count). The molecule has 1 spiro atoms. The zero-order valence-corrected chi connectivity index (χ0v) is 29.6. The lowest BCUT2D eigenvalue weighted by Crippen LogP contribution is -2.56. The Morgan fingerprint density at radius 3 is 2.63 bits per heavy atom. The van der Waals surface area contributed by atoms with Gasteiger partial charge < -0.3 is 29.7 Å². The van der Waals surface area contributed by atoms with E-state index in [4.69, 9.17) is 9.47 Å². The second-order valence-electron chi connectivity index (χ2n) is 13.9. The maximum Gasteiger partial charge on any atom is 0.313 e. The molecule has 52 heavy (non-hydrogen) atoms. The highest BCUT2D eigenvalue weighted by atomic mass is 16.6. The molecule has 3 aromatic rings. The molecule has 13 nitrogen and oxygen atoms in total. The Morgan fingerprint density at radius 1 is 1.12 bits per heavy atom. The number of nitrogens with zero attached hydrogens (tertiary/aromatic N) is 5. The number of rotatable bonds is 18. The van der Waals surface area contributed by atoms with Gasteiger partial charge in [0.15, 0.2) is 0 Å². The fourth-order valence-corrected chi connectivity index (χ4v) is 8.18. The zero-order chi connectivity index (χ0) is 36.8. The van der Waals surface area contributed by atoms with Crippen molar-refractivity contribution in [3.8, 4) is 0 Å². The third kappa shape index (κ3) is 7.11. The maximum atomic E-state index is 14.8. The lowest BCUT2D eigenvalue weighted by molar-refractivity contribution is -0.162. The number of aliphatic hydroxyl groups excluding tert-OH is 1. The smallest absolute Gasteiger partial charge is 0.313 e. The fraction of sp³-hybridized carbons (Fsp3) is 0.487. The summed E-state index contributed by atoms with van der Waals surface area (Å²) in [6.45, 7) is 9.89. The summed E-state index contributed by atoms with van der Waals surface area (Å²) in [6.07, 6.45) is 5.29. The average Bonchev–Trinajstić information content (AvgIpc) is 3.91. The predicted octanol–water partition coefficient (Wildman–Crippen LogP) is 3.70. The lowest BCUT2D eigenvalue weighted by atomic mass is 9.70. The van der Waals surface area contributed by atoms with Crippen LogP contribution in [0.2, 0.25) is 0 Å². The highest BCUT2D eigenvalue weighted by Gasteiger charge is 2.75. The van der Waals surface area contributed by atoms with E-state index in [1.807, 2.05) is 54.6 Å².